The molecule has 1 rings (SSSR count). The average molecular weight is 209 g/mol. The van der Waals surface area contributed by atoms with Gasteiger partial charge in [-0.2, -0.15) is 0 Å². The zero-order valence-electron chi connectivity index (χ0n) is 8.06. The molecular weight excluding hydrogens is 198 g/mol. The smallest absolute Gasteiger partial charge is 0.245 e. The highest BCUT2D eigenvalue weighted by molar-refractivity contribution is 7.90. The highest BCUT2D eigenvalue weighted by Gasteiger charge is 2.10. The van der Waals surface area contributed by atoms with E-state index in [1.807, 2.05) is 0 Å². The Morgan fingerprint density at radius 3 is 2.14 bits per heavy atom. The summed E-state index contributed by atoms with van der Waals surface area (Å²) in [4.78, 5) is 3.64. The Bertz CT molecular complexity index is 454. The lowest BCUT2D eigenvalue weighted by atomic mass is 10.1. The molecule has 0 saturated heterocycles. The predicted octanol–water partition coefficient (Wildman–Crippen LogP) is 2.07. The Kier molecular flexibility index (Phi) is 2.92. The van der Waals surface area contributed by atoms with Gasteiger partial charge in [0, 0.05) is 18.7 Å². The van der Waals surface area contributed by atoms with E-state index in [4.69, 9.17) is 6.57 Å². The summed E-state index contributed by atoms with van der Waals surface area (Å²) in [5.41, 5.74) is 0.840. The van der Waals surface area contributed by atoms with Gasteiger partial charge in [-0.05, 0) is 12.1 Å². The first-order chi connectivity index (χ1) is 6.45. The summed E-state index contributed by atoms with van der Waals surface area (Å²) in [6.45, 7) is 8.61. The molecule has 1 aromatic carbocycles. The highest BCUT2D eigenvalue weighted by atomic mass is 32.2. The first-order valence-corrected chi connectivity index (χ1v) is 6.01. The maximum atomic E-state index is 11.1. The van der Waals surface area contributed by atoms with E-state index in [0.717, 1.165) is 5.56 Å². The van der Waals surface area contributed by atoms with Crippen molar-refractivity contribution in [2.45, 2.75) is 17.9 Å². The third-order valence-electron chi connectivity index (χ3n) is 1.98. The Morgan fingerprint density at radius 2 is 1.79 bits per heavy atom. The molecule has 0 aliphatic carbocycles. The van der Waals surface area contributed by atoms with Crippen LogP contribution in [0.25, 0.3) is 4.85 Å². The Morgan fingerprint density at radius 1 is 1.29 bits per heavy atom. The molecule has 14 heavy (non-hydrogen) atoms. The zero-order valence-corrected chi connectivity index (χ0v) is 8.88. The number of hydrogen-bond donors (Lipinski definition) is 0. The first kappa shape index (κ1) is 10.7. The second-order valence-corrected chi connectivity index (χ2v) is 5.16. The molecule has 4 heteroatoms. The summed E-state index contributed by atoms with van der Waals surface area (Å²) in [5.74, 6) is 0. The molecule has 0 amide bonds. The van der Waals surface area contributed by atoms with Crippen LogP contribution >= 0.6 is 0 Å². The van der Waals surface area contributed by atoms with Crippen molar-refractivity contribution in [3.05, 3.63) is 41.2 Å². The summed E-state index contributed by atoms with van der Waals surface area (Å²) >= 11 is 0. The standard InChI is InChI=1S/C10H11NO2S/c1-8(11-2)9-4-6-10(7-5-9)14(3,12)13/h4-8H,1,3H3. The lowest BCUT2D eigenvalue weighted by molar-refractivity contribution is 0.602. The molecule has 0 aliphatic rings. The fraction of sp³-hybridized carbons (Fsp3) is 0.300. The molecule has 0 spiro atoms. The van der Waals surface area contributed by atoms with E-state index in [2.05, 4.69) is 4.85 Å². The van der Waals surface area contributed by atoms with Crippen molar-refractivity contribution < 1.29 is 8.42 Å². The minimum absolute atomic E-state index is 0.219. The fourth-order valence-electron chi connectivity index (χ4n) is 1.07. The number of benzene rings is 1. The minimum atomic E-state index is -3.13. The van der Waals surface area contributed by atoms with Gasteiger partial charge in [-0.1, -0.05) is 12.1 Å². The quantitative estimate of drug-likeness (QED) is 0.699. The van der Waals surface area contributed by atoms with Crippen LogP contribution in [0.4, 0.5) is 0 Å². The Balaban J connectivity index is 3.09. The number of rotatable bonds is 2. The van der Waals surface area contributed by atoms with Crippen molar-refractivity contribution in [1.82, 2.24) is 0 Å². The predicted molar refractivity (Wildman–Crippen MR) is 54.6 cm³/mol. The van der Waals surface area contributed by atoms with Crippen LogP contribution in [-0.2, 0) is 9.84 Å². The summed E-state index contributed by atoms with van der Waals surface area (Å²) in [6, 6.07) is 6.21. The van der Waals surface area contributed by atoms with Gasteiger partial charge < -0.3 is 4.85 Å². The first-order valence-electron chi connectivity index (χ1n) is 4.11. The van der Waals surface area contributed by atoms with Crippen molar-refractivity contribution in [3.8, 4) is 0 Å². The fourth-order valence-corrected chi connectivity index (χ4v) is 1.70. The highest BCUT2D eigenvalue weighted by Crippen LogP contribution is 2.18. The number of sulfone groups is 1. The molecule has 0 aromatic heterocycles. The summed E-state index contributed by atoms with van der Waals surface area (Å²) < 4.78 is 22.2. The molecule has 0 fully saturated rings. The van der Waals surface area contributed by atoms with Gasteiger partial charge >= 0.3 is 0 Å². The molecule has 0 aliphatic heterocycles. The lowest BCUT2D eigenvalue weighted by Crippen LogP contribution is -1.97. The molecular formula is C10H11NO2S. The Hall–Kier alpha value is -1.34. The number of hydrogen-bond acceptors (Lipinski definition) is 2. The van der Waals surface area contributed by atoms with E-state index in [1.54, 1.807) is 19.1 Å². The lowest BCUT2D eigenvalue weighted by Gasteiger charge is -2.01. The zero-order chi connectivity index (χ0) is 10.8. The summed E-state index contributed by atoms with van der Waals surface area (Å²) in [5, 5.41) is 0. The summed E-state index contributed by atoms with van der Waals surface area (Å²) in [7, 11) is -3.13. The Labute approximate surface area is 84.1 Å². The second kappa shape index (κ2) is 3.81. The van der Waals surface area contributed by atoms with Crippen molar-refractivity contribution in [2.75, 3.05) is 6.26 Å². The van der Waals surface area contributed by atoms with Crippen molar-refractivity contribution in [1.29, 1.82) is 0 Å². The minimum Gasteiger partial charge on any atom is -0.309 e. The van der Waals surface area contributed by atoms with Gasteiger partial charge in [-0.25, -0.2) is 15.0 Å². The average Bonchev–Trinajstić information content (AvgIpc) is 2.15. The van der Waals surface area contributed by atoms with E-state index in [9.17, 15) is 8.42 Å². The second-order valence-electron chi connectivity index (χ2n) is 3.15. The molecule has 1 aromatic rings. The molecule has 3 nitrogen and oxygen atoms in total. The van der Waals surface area contributed by atoms with Crippen molar-refractivity contribution in [3.63, 3.8) is 0 Å². The summed E-state index contributed by atoms with van der Waals surface area (Å²) in [6.07, 6.45) is 1.17. The van der Waals surface area contributed by atoms with E-state index in [0.29, 0.717) is 4.90 Å². The molecule has 0 saturated carbocycles. The van der Waals surface area contributed by atoms with Crippen LogP contribution in [-0.4, -0.2) is 14.7 Å². The van der Waals surface area contributed by atoms with Gasteiger partial charge in [-0.15, -0.1) is 0 Å². The van der Waals surface area contributed by atoms with Crippen LogP contribution in [0.2, 0.25) is 0 Å². The van der Waals surface area contributed by atoms with Gasteiger partial charge in [0.25, 0.3) is 0 Å². The topological polar surface area (TPSA) is 38.5 Å². The van der Waals surface area contributed by atoms with Gasteiger partial charge in [0.05, 0.1) is 4.90 Å². The van der Waals surface area contributed by atoms with Gasteiger partial charge in [0.1, 0.15) is 0 Å². The molecule has 1 unspecified atom stereocenters. The maximum Gasteiger partial charge on any atom is 0.245 e. The van der Waals surface area contributed by atoms with Crippen LogP contribution in [0.3, 0.4) is 0 Å². The molecule has 74 valence electrons. The molecule has 0 radical (unpaired) electrons. The normalized spacial score (nSPS) is 13.2. The van der Waals surface area contributed by atoms with Crippen LogP contribution < -0.4 is 0 Å². The van der Waals surface area contributed by atoms with Gasteiger partial charge in [0.15, 0.2) is 9.84 Å². The van der Waals surface area contributed by atoms with Crippen LogP contribution in [0.15, 0.2) is 29.2 Å². The van der Waals surface area contributed by atoms with Crippen LogP contribution in [0, 0.1) is 6.57 Å². The van der Waals surface area contributed by atoms with E-state index >= 15 is 0 Å². The number of nitrogens with zero attached hydrogens (tertiary/aromatic N) is 1. The molecule has 0 heterocycles. The molecule has 0 bridgehead atoms. The van der Waals surface area contributed by atoms with E-state index < -0.39 is 9.84 Å². The largest absolute Gasteiger partial charge is 0.309 e. The molecule has 0 N–H and O–H groups in total. The maximum absolute atomic E-state index is 11.1. The van der Waals surface area contributed by atoms with E-state index in [-0.39, 0.29) is 6.04 Å². The van der Waals surface area contributed by atoms with E-state index in [1.165, 1.54) is 18.4 Å². The van der Waals surface area contributed by atoms with Gasteiger partial charge in [-0.3, -0.25) is 0 Å². The van der Waals surface area contributed by atoms with Gasteiger partial charge in [0.2, 0.25) is 6.04 Å². The van der Waals surface area contributed by atoms with Crippen molar-refractivity contribution in [2.24, 2.45) is 0 Å². The third-order valence-corrected chi connectivity index (χ3v) is 3.11. The molecule has 1 atom stereocenters. The van der Waals surface area contributed by atoms with Crippen LogP contribution in [0.1, 0.15) is 18.5 Å². The van der Waals surface area contributed by atoms with Crippen LogP contribution in [0.5, 0.6) is 0 Å². The van der Waals surface area contributed by atoms with Crippen molar-refractivity contribution >= 4 is 9.84 Å². The SMILES string of the molecule is [C-]#[N+]C(C)c1ccc(S(C)(=O)=O)cc1. The third kappa shape index (κ3) is 2.33. The monoisotopic (exact) mass is 209 g/mol.